The Kier molecular flexibility index (Phi) is 6.85. The van der Waals surface area contributed by atoms with Gasteiger partial charge >= 0.3 is 0 Å². The highest BCUT2D eigenvalue weighted by Crippen LogP contribution is 2.25. The molecule has 1 atom stereocenters. The summed E-state index contributed by atoms with van der Waals surface area (Å²) in [4.78, 5) is 0. The molecular formula is C12H24O2. The van der Waals surface area contributed by atoms with Crippen molar-refractivity contribution in [3.8, 4) is 0 Å². The molecule has 14 heavy (non-hydrogen) atoms. The van der Waals surface area contributed by atoms with Gasteiger partial charge in [-0.05, 0) is 26.2 Å². The molecule has 0 fully saturated rings. The Hall–Kier alpha value is -0.340. The first-order valence-electron chi connectivity index (χ1n) is 5.62. The fourth-order valence-electron chi connectivity index (χ4n) is 1.81. The number of allylic oxidation sites excluding steroid dienone is 1. The summed E-state index contributed by atoms with van der Waals surface area (Å²) in [6.45, 7) is 5.98. The van der Waals surface area contributed by atoms with Crippen molar-refractivity contribution in [1.29, 1.82) is 0 Å². The Morgan fingerprint density at radius 2 is 1.71 bits per heavy atom. The third-order valence-corrected chi connectivity index (χ3v) is 2.58. The SMILES string of the molecule is CC=CCC(O)C(O)(CCC)CCC. The Balaban J connectivity index is 4.29. The highest BCUT2D eigenvalue weighted by molar-refractivity contribution is 4.91. The van der Waals surface area contributed by atoms with E-state index in [0.717, 1.165) is 12.8 Å². The molecule has 0 aliphatic rings. The summed E-state index contributed by atoms with van der Waals surface area (Å²) < 4.78 is 0. The van der Waals surface area contributed by atoms with Gasteiger partial charge in [-0.15, -0.1) is 0 Å². The molecule has 0 rings (SSSR count). The average molecular weight is 200 g/mol. The lowest BCUT2D eigenvalue weighted by Crippen LogP contribution is -2.41. The molecule has 2 heteroatoms. The van der Waals surface area contributed by atoms with Crippen molar-refractivity contribution in [3.63, 3.8) is 0 Å². The largest absolute Gasteiger partial charge is 0.390 e. The number of hydrogen-bond donors (Lipinski definition) is 2. The molecule has 2 N–H and O–H groups in total. The van der Waals surface area contributed by atoms with Gasteiger partial charge in [-0.1, -0.05) is 38.8 Å². The van der Waals surface area contributed by atoms with Crippen LogP contribution in [0.4, 0.5) is 0 Å². The van der Waals surface area contributed by atoms with Crippen LogP contribution in [0.3, 0.4) is 0 Å². The second kappa shape index (κ2) is 7.02. The van der Waals surface area contributed by atoms with Crippen LogP contribution in [0.25, 0.3) is 0 Å². The van der Waals surface area contributed by atoms with E-state index in [2.05, 4.69) is 0 Å². The van der Waals surface area contributed by atoms with Gasteiger partial charge in [0, 0.05) is 0 Å². The molecule has 1 unspecified atom stereocenters. The highest BCUT2D eigenvalue weighted by Gasteiger charge is 2.32. The van der Waals surface area contributed by atoms with Crippen LogP contribution in [-0.2, 0) is 0 Å². The lowest BCUT2D eigenvalue weighted by molar-refractivity contribution is -0.0847. The summed E-state index contributed by atoms with van der Waals surface area (Å²) in [5, 5.41) is 20.1. The first-order chi connectivity index (χ1) is 6.60. The van der Waals surface area contributed by atoms with Crippen LogP contribution in [0.1, 0.15) is 52.9 Å². The van der Waals surface area contributed by atoms with Crippen molar-refractivity contribution in [2.75, 3.05) is 0 Å². The van der Waals surface area contributed by atoms with Gasteiger partial charge in [0.25, 0.3) is 0 Å². The summed E-state index contributed by atoms with van der Waals surface area (Å²) in [7, 11) is 0. The monoisotopic (exact) mass is 200 g/mol. The maximum absolute atomic E-state index is 10.2. The quantitative estimate of drug-likeness (QED) is 0.620. The van der Waals surface area contributed by atoms with E-state index in [1.165, 1.54) is 0 Å². The predicted molar refractivity (Wildman–Crippen MR) is 60.2 cm³/mol. The lowest BCUT2D eigenvalue weighted by atomic mass is 9.85. The Bertz CT molecular complexity index is 158. The molecule has 0 aliphatic carbocycles. The van der Waals surface area contributed by atoms with Gasteiger partial charge in [-0.2, -0.15) is 0 Å². The maximum atomic E-state index is 10.2. The van der Waals surface area contributed by atoms with Crippen molar-refractivity contribution in [3.05, 3.63) is 12.2 Å². The number of hydrogen-bond acceptors (Lipinski definition) is 2. The second-order valence-electron chi connectivity index (χ2n) is 3.92. The molecule has 0 saturated heterocycles. The van der Waals surface area contributed by atoms with E-state index in [9.17, 15) is 10.2 Å². The van der Waals surface area contributed by atoms with E-state index < -0.39 is 11.7 Å². The van der Waals surface area contributed by atoms with E-state index in [0.29, 0.717) is 19.3 Å². The van der Waals surface area contributed by atoms with Crippen molar-refractivity contribution < 1.29 is 10.2 Å². The van der Waals surface area contributed by atoms with Gasteiger partial charge in [0.15, 0.2) is 0 Å². The fourth-order valence-corrected chi connectivity index (χ4v) is 1.81. The van der Waals surface area contributed by atoms with Gasteiger partial charge in [0.1, 0.15) is 0 Å². The average Bonchev–Trinajstić information content (AvgIpc) is 2.15. The minimum absolute atomic E-state index is 0.549. The van der Waals surface area contributed by atoms with Gasteiger partial charge in [-0.3, -0.25) is 0 Å². The van der Waals surface area contributed by atoms with Gasteiger partial charge in [0.2, 0.25) is 0 Å². The van der Waals surface area contributed by atoms with E-state index in [1.807, 2.05) is 32.9 Å². The van der Waals surface area contributed by atoms with Crippen LogP contribution in [-0.4, -0.2) is 21.9 Å². The van der Waals surface area contributed by atoms with Crippen molar-refractivity contribution in [2.45, 2.75) is 64.6 Å². The molecule has 84 valence electrons. The first-order valence-corrected chi connectivity index (χ1v) is 5.62. The van der Waals surface area contributed by atoms with E-state index in [-0.39, 0.29) is 0 Å². The molecule has 2 nitrogen and oxygen atoms in total. The molecular weight excluding hydrogens is 176 g/mol. The maximum Gasteiger partial charge on any atom is 0.0908 e. The Morgan fingerprint density at radius 3 is 2.07 bits per heavy atom. The Labute approximate surface area is 87.7 Å². The van der Waals surface area contributed by atoms with Crippen molar-refractivity contribution >= 4 is 0 Å². The molecule has 0 aromatic heterocycles. The van der Waals surface area contributed by atoms with Crippen LogP contribution >= 0.6 is 0 Å². The molecule has 0 amide bonds. The molecule has 0 heterocycles. The summed E-state index contributed by atoms with van der Waals surface area (Å²) in [5.41, 5.74) is -0.886. The van der Waals surface area contributed by atoms with Crippen molar-refractivity contribution in [1.82, 2.24) is 0 Å². The summed E-state index contributed by atoms with van der Waals surface area (Å²) in [6.07, 6.45) is 6.90. The summed E-state index contributed by atoms with van der Waals surface area (Å²) >= 11 is 0. The molecule has 0 aromatic carbocycles. The van der Waals surface area contributed by atoms with Crippen molar-refractivity contribution in [2.24, 2.45) is 0 Å². The first kappa shape index (κ1) is 13.7. The summed E-state index contributed by atoms with van der Waals surface area (Å²) in [5.74, 6) is 0. The molecule has 0 aromatic rings. The topological polar surface area (TPSA) is 40.5 Å². The third kappa shape index (κ3) is 4.25. The zero-order chi connectivity index (χ0) is 11.0. The molecule has 0 spiro atoms. The molecule has 0 bridgehead atoms. The van der Waals surface area contributed by atoms with E-state index >= 15 is 0 Å². The fraction of sp³-hybridized carbons (Fsp3) is 0.833. The standard InChI is InChI=1S/C12H24O2/c1-4-7-8-11(13)12(14,9-5-2)10-6-3/h4,7,11,13-14H,5-6,8-10H2,1-3H3. The number of aliphatic hydroxyl groups excluding tert-OH is 1. The van der Waals surface area contributed by atoms with Gasteiger partial charge in [0.05, 0.1) is 11.7 Å². The van der Waals surface area contributed by atoms with Crippen LogP contribution in [0.5, 0.6) is 0 Å². The number of aliphatic hydroxyl groups is 2. The van der Waals surface area contributed by atoms with Crippen LogP contribution in [0.2, 0.25) is 0 Å². The zero-order valence-electron chi connectivity index (χ0n) is 9.66. The Morgan fingerprint density at radius 1 is 1.21 bits per heavy atom. The third-order valence-electron chi connectivity index (χ3n) is 2.58. The molecule has 0 radical (unpaired) electrons. The minimum atomic E-state index is -0.886. The second-order valence-corrected chi connectivity index (χ2v) is 3.92. The van der Waals surface area contributed by atoms with Crippen LogP contribution in [0.15, 0.2) is 12.2 Å². The van der Waals surface area contributed by atoms with Gasteiger partial charge in [-0.25, -0.2) is 0 Å². The zero-order valence-corrected chi connectivity index (χ0v) is 9.66. The van der Waals surface area contributed by atoms with Crippen LogP contribution in [0, 0.1) is 0 Å². The minimum Gasteiger partial charge on any atom is -0.390 e. The smallest absolute Gasteiger partial charge is 0.0908 e. The lowest BCUT2D eigenvalue weighted by Gasteiger charge is -2.32. The van der Waals surface area contributed by atoms with E-state index in [1.54, 1.807) is 0 Å². The normalized spacial score (nSPS) is 14.9. The number of rotatable bonds is 7. The van der Waals surface area contributed by atoms with Crippen LogP contribution < -0.4 is 0 Å². The highest BCUT2D eigenvalue weighted by atomic mass is 16.3. The van der Waals surface area contributed by atoms with E-state index in [4.69, 9.17) is 0 Å². The summed E-state index contributed by atoms with van der Waals surface area (Å²) in [6, 6.07) is 0. The predicted octanol–water partition coefficient (Wildman–Crippen LogP) is 2.64. The van der Waals surface area contributed by atoms with Gasteiger partial charge < -0.3 is 10.2 Å². The molecule has 0 aliphatic heterocycles. The molecule has 0 saturated carbocycles.